The average Bonchev–Trinajstić information content (AvgIpc) is 2.87. The number of carbonyl (C=O) groups excluding carboxylic acids is 1. The van der Waals surface area contributed by atoms with E-state index < -0.39 is 27.4 Å². The van der Waals surface area contributed by atoms with Gasteiger partial charge in [-0.05, 0) is 47.7 Å². The molecule has 0 N–H and O–H groups in total. The van der Waals surface area contributed by atoms with Crippen LogP contribution in [0.25, 0.3) is 0 Å². The maximum atomic E-state index is 13.5. The fourth-order valence-electron chi connectivity index (χ4n) is 3.34. The molecule has 0 bridgehead atoms. The highest BCUT2D eigenvalue weighted by molar-refractivity contribution is 7.90. The molecule has 2 unspecified atom stereocenters. The van der Waals surface area contributed by atoms with Crippen LogP contribution in [-0.2, 0) is 14.6 Å². The normalized spacial score (nSPS) is 21.2. The molecule has 6 heteroatoms. The van der Waals surface area contributed by atoms with E-state index in [1.807, 2.05) is 0 Å². The van der Waals surface area contributed by atoms with Crippen molar-refractivity contribution in [1.29, 1.82) is 0 Å². The molecule has 3 nitrogen and oxygen atoms in total. The zero-order chi connectivity index (χ0) is 17.5. The van der Waals surface area contributed by atoms with Crippen LogP contribution in [0, 0.1) is 11.6 Å². The molecule has 1 aliphatic rings. The van der Waals surface area contributed by atoms with Gasteiger partial charge in [-0.2, -0.15) is 0 Å². The van der Waals surface area contributed by atoms with Crippen molar-refractivity contribution in [3.63, 3.8) is 0 Å². The number of benzene rings is 2. The van der Waals surface area contributed by atoms with Crippen LogP contribution in [0.3, 0.4) is 0 Å². The first-order chi connectivity index (χ1) is 11.3. The van der Waals surface area contributed by atoms with Gasteiger partial charge in [0.15, 0.2) is 9.84 Å². The molecular weight excluding hydrogens is 334 g/mol. The van der Waals surface area contributed by atoms with Crippen LogP contribution in [0.15, 0.2) is 47.4 Å². The van der Waals surface area contributed by atoms with Gasteiger partial charge in [0.2, 0.25) is 0 Å². The Hall–Kier alpha value is -2.08. The smallest absolute Gasteiger partial charge is 0.175 e. The number of ketones is 1. The molecule has 1 saturated carbocycles. The van der Waals surface area contributed by atoms with Crippen LogP contribution in [0.2, 0.25) is 0 Å². The molecule has 0 spiro atoms. The van der Waals surface area contributed by atoms with Gasteiger partial charge in [0.1, 0.15) is 17.4 Å². The second-order valence-electron chi connectivity index (χ2n) is 6.13. The van der Waals surface area contributed by atoms with Crippen molar-refractivity contribution in [3.05, 3.63) is 65.2 Å². The van der Waals surface area contributed by atoms with Crippen LogP contribution in [0.1, 0.15) is 35.8 Å². The van der Waals surface area contributed by atoms with E-state index in [-0.39, 0.29) is 16.6 Å². The van der Waals surface area contributed by atoms with Crippen molar-refractivity contribution in [1.82, 2.24) is 0 Å². The minimum atomic E-state index is -3.30. The largest absolute Gasteiger partial charge is 0.299 e. The Labute approximate surface area is 139 Å². The summed E-state index contributed by atoms with van der Waals surface area (Å²) in [6.45, 7) is 0. The number of Topliss-reactive ketones (excluding diaryl/α,β-unsaturated/α-hetero) is 1. The third-order valence-corrected chi connectivity index (χ3v) is 5.56. The lowest BCUT2D eigenvalue weighted by Crippen LogP contribution is -2.12. The molecule has 2 atom stereocenters. The van der Waals surface area contributed by atoms with E-state index in [9.17, 15) is 22.0 Å². The molecule has 0 amide bonds. The molecule has 2 aromatic rings. The summed E-state index contributed by atoms with van der Waals surface area (Å²) in [5, 5.41) is 0. The lowest BCUT2D eigenvalue weighted by Gasteiger charge is -2.19. The van der Waals surface area contributed by atoms with E-state index >= 15 is 0 Å². The Balaban J connectivity index is 1.99. The third kappa shape index (κ3) is 3.24. The van der Waals surface area contributed by atoms with E-state index in [1.54, 1.807) is 12.1 Å². The minimum Gasteiger partial charge on any atom is -0.299 e. The number of hydrogen-bond donors (Lipinski definition) is 0. The average molecular weight is 350 g/mol. The van der Waals surface area contributed by atoms with Gasteiger partial charge in [0.05, 0.1) is 4.90 Å². The minimum absolute atomic E-state index is 0.0582. The van der Waals surface area contributed by atoms with Crippen LogP contribution < -0.4 is 0 Å². The van der Waals surface area contributed by atoms with E-state index in [4.69, 9.17) is 0 Å². The SMILES string of the molecule is CS(=O)(=O)c1ccc(C2CCC(=O)C2c2cc(F)cc(F)c2)cc1. The van der Waals surface area contributed by atoms with E-state index in [1.165, 1.54) is 24.3 Å². The van der Waals surface area contributed by atoms with E-state index in [0.717, 1.165) is 17.9 Å². The summed E-state index contributed by atoms with van der Waals surface area (Å²) < 4.78 is 50.1. The highest BCUT2D eigenvalue weighted by Crippen LogP contribution is 2.44. The standard InChI is InChI=1S/C18H16F2O3S/c1-24(22,23)15-4-2-11(3-5-15)16-6-7-17(21)18(16)12-8-13(19)10-14(20)9-12/h2-5,8-10,16,18H,6-7H2,1H3. The van der Waals surface area contributed by atoms with Gasteiger partial charge in [0, 0.05) is 24.7 Å². The second kappa shape index (κ2) is 6.09. The third-order valence-electron chi connectivity index (χ3n) is 4.43. The Morgan fingerprint density at radius 3 is 2.08 bits per heavy atom. The first kappa shape index (κ1) is 16.8. The summed E-state index contributed by atoms with van der Waals surface area (Å²) in [6.07, 6.45) is 2.03. The summed E-state index contributed by atoms with van der Waals surface area (Å²) in [7, 11) is -3.30. The maximum absolute atomic E-state index is 13.5. The van der Waals surface area contributed by atoms with Crippen molar-refractivity contribution < 1.29 is 22.0 Å². The molecule has 2 aromatic carbocycles. The van der Waals surface area contributed by atoms with Gasteiger partial charge in [-0.1, -0.05) is 12.1 Å². The zero-order valence-corrected chi connectivity index (χ0v) is 13.8. The van der Waals surface area contributed by atoms with Crippen molar-refractivity contribution >= 4 is 15.6 Å². The maximum Gasteiger partial charge on any atom is 0.175 e. The van der Waals surface area contributed by atoms with Crippen molar-refractivity contribution in [2.45, 2.75) is 29.6 Å². The zero-order valence-electron chi connectivity index (χ0n) is 13.0. The van der Waals surface area contributed by atoms with Gasteiger partial charge in [-0.25, -0.2) is 17.2 Å². The molecule has 0 aliphatic heterocycles. The van der Waals surface area contributed by atoms with Gasteiger partial charge < -0.3 is 0 Å². The van der Waals surface area contributed by atoms with Crippen molar-refractivity contribution in [3.8, 4) is 0 Å². The summed E-state index contributed by atoms with van der Waals surface area (Å²) in [5.41, 5.74) is 1.12. The summed E-state index contributed by atoms with van der Waals surface area (Å²) in [4.78, 5) is 12.5. The predicted octanol–water partition coefficient (Wildman–Crippen LogP) is 3.60. The predicted molar refractivity (Wildman–Crippen MR) is 85.6 cm³/mol. The molecule has 126 valence electrons. The summed E-state index contributed by atoms with van der Waals surface area (Å²) in [5.74, 6) is -2.31. The Kier molecular flexibility index (Phi) is 4.25. The lowest BCUT2D eigenvalue weighted by atomic mass is 9.83. The van der Waals surface area contributed by atoms with Crippen LogP contribution in [0.4, 0.5) is 8.78 Å². The number of halogens is 2. The lowest BCUT2D eigenvalue weighted by molar-refractivity contribution is -0.118. The molecule has 24 heavy (non-hydrogen) atoms. The molecule has 0 heterocycles. The van der Waals surface area contributed by atoms with E-state index in [0.29, 0.717) is 18.4 Å². The van der Waals surface area contributed by atoms with Crippen LogP contribution in [-0.4, -0.2) is 20.5 Å². The fraction of sp³-hybridized carbons (Fsp3) is 0.278. The number of sulfone groups is 1. The van der Waals surface area contributed by atoms with E-state index in [2.05, 4.69) is 0 Å². The molecule has 3 rings (SSSR count). The van der Waals surface area contributed by atoms with Gasteiger partial charge in [-0.3, -0.25) is 4.79 Å². The Morgan fingerprint density at radius 1 is 0.958 bits per heavy atom. The van der Waals surface area contributed by atoms with Gasteiger partial charge in [-0.15, -0.1) is 0 Å². The first-order valence-corrected chi connectivity index (χ1v) is 9.43. The summed E-state index contributed by atoms with van der Waals surface area (Å²) >= 11 is 0. The molecule has 1 aliphatic carbocycles. The number of hydrogen-bond acceptors (Lipinski definition) is 3. The van der Waals surface area contributed by atoms with Gasteiger partial charge in [0.25, 0.3) is 0 Å². The Bertz CT molecular complexity index is 869. The Morgan fingerprint density at radius 2 is 1.54 bits per heavy atom. The molecular formula is C18H16F2O3S. The quantitative estimate of drug-likeness (QED) is 0.850. The highest BCUT2D eigenvalue weighted by atomic mass is 32.2. The fourth-order valence-corrected chi connectivity index (χ4v) is 3.97. The van der Waals surface area contributed by atoms with Crippen molar-refractivity contribution in [2.75, 3.05) is 6.26 Å². The molecule has 0 saturated heterocycles. The van der Waals surface area contributed by atoms with Crippen molar-refractivity contribution in [2.24, 2.45) is 0 Å². The molecule has 0 aromatic heterocycles. The van der Waals surface area contributed by atoms with Gasteiger partial charge >= 0.3 is 0 Å². The molecule has 0 radical (unpaired) electrons. The monoisotopic (exact) mass is 350 g/mol. The highest BCUT2D eigenvalue weighted by Gasteiger charge is 2.37. The van der Waals surface area contributed by atoms with Crippen LogP contribution >= 0.6 is 0 Å². The topological polar surface area (TPSA) is 51.2 Å². The second-order valence-corrected chi connectivity index (χ2v) is 8.15. The number of rotatable bonds is 3. The summed E-state index contributed by atoms with van der Waals surface area (Å²) in [6, 6.07) is 9.49. The molecule has 1 fully saturated rings. The first-order valence-electron chi connectivity index (χ1n) is 7.54. The van der Waals surface area contributed by atoms with Crippen LogP contribution in [0.5, 0.6) is 0 Å². The number of carbonyl (C=O) groups is 1.